The molecule has 0 spiro atoms. The molecular formula is C25H43N3OS. The van der Waals surface area contributed by atoms with Crippen LogP contribution < -0.4 is 15.5 Å². The zero-order valence-corrected chi connectivity index (χ0v) is 20.1. The fraction of sp³-hybridized carbons (Fsp3) is 0.680. The largest absolute Gasteiger partial charge is 0.497 e. The zero-order valence-electron chi connectivity index (χ0n) is 19.3. The van der Waals surface area contributed by atoms with E-state index in [9.17, 15) is 0 Å². The van der Waals surface area contributed by atoms with Crippen LogP contribution in [0.3, 0.4) is 0 Å². The molecule has 1 aromatic carbocycles. The predicted octanol–water partition coefficient (Wildman–Crippen LogP) is 6.97. The summed E-state index contributed by atoms with van der Waals surface area (Å²) in [5.74, 6) is 0.838. The first-order chi connectivity index (χ1) is 14.8. The van der Waals surface area contributed by atoms with Gasteiger partial charge in [-0.05, 0) is 48.5 Å². The standard InChI is InChI=1S/C25H43N3OS/c1-3-4-5-6-7-8-9-10-11-12-13-14-15-16-21-26-25(30)28-27-22-23-17-19-24(29-2)20-18-23/h17-20,22H,3-16,21H2,1-2H3,(H2,26,28,30)/b27-22+. The molecule has 0 heterocycles. The molecule has 5 heteroatoms. The molecule has 30 heavy (non-hydrogen) atoms. The zero-order chi connectivity index (χ0) is 21.7. The topological polar surface area (TPSA) is 45.7 Å². The summed E-state index contributed by atoms with van der Waals surface area (Å²) in [5, 5.41) is 7.96. The number of benzene rings is 1. The number of hydrogen-bond donors (Lipinski definition) is 2. The highest BCUT2D eigenvalue weighted by Crippen LogP contribution is 2.13. The van der Waals surface area contributed by atoms with Crippen molar-refractivity contribution in [2.45, 2.75) is 96.8 Å². The van der Waals surface area contributed by atoms with Crippen LogP contribution in [-0.4, -0.2) is 25.0 Å². The molecule has 0 saturated heterocycles. The van der Waals surface area contributed by atoms with Crippen LogP contribution in [0.5, 0.6) is 5.75 Å². The molecule has 0 atom stereocenters. The molecule has 0 bridgehead atoms. The van der Waals surface area contributed by atoms with Crippen molar-refractivity contribution in [2.24, 2.45) is 5.10 Å². The summed E-state index contributed by atoms with van der Waals surface area (Å²) in [6.07, 6.45) is 21.0. The summed E-state index contributed by atoms with van der Waals surface area (Å²) in [7, 11) is 1.66. The Balaban J connectivity index is 1.86. The van der Waals surface area contributed by atoms with E-state index >= 15 is 0 Å². The number of nitrogens with one attached hydrogen (secondary N) is 2. The minimum absolute atomic E-state index is 0.578. The molecule has 4 nitrogen and oxygen atoms in total. The SMILES string of the molecule is CCCCCCCCCCCCCCCCNC(=S)N/N=C/c1ccc(OC)cc1. The van der Waals surface area contributed by atoms with E-state index in [-0.39, 0.29) is 0 Å². The van der Waals surface area contributed by atoms with E-state index in [2.05, 4.69) is 22.8 Å². The van der Waals surface area contributed by atoms with Crippen molar-refractivity contribution in [3.05, 3.63) is 29.8 Å². The maximum atomic E-state index is 5.25. The molecule has 0 aromatic heterocycles. The molecule has 1 aromatic rings. The second-order valence-electron chi connectivity index (χ2n) is 8.00. The molecule has 0 saturated carbocycles. The van der Waals surface area contributed by atoms with E-state index in [0.717, 1.165) is 24.3 Å². The lowest BCUT2D eigenvalue weighted by atomic mass is 10.0. The van der Waals surface area contributed by atoms with Crippen LogP contribution >= 0.6 is 12.2 Å². The molecule has 0 fully saturated rings. The normalized spacial score (nSPS) is 11.0. The van der Waals surface area contributed by atoms with E-state index in [1.54, 1.807) is 13.3 Å². The number of thiocarbonyl (C=S) groups is 1. The number of ether oxygens (including phenoxy) is 1. The molecule has 0 aliphatic rings. The van der Waals surface area contributed by atoms with Gasteiger partial charge in [0.25, 0.3) is 0 Å². The van der Waals surface area contributed by atoms with Crippen molar-refractivity contribution in [2.75, 3.05) is 13.7 Å². The minimum atomic E-state index is 0.578. The van der Waals surface area contributed by atoms with Gasteiger partial charge in [-0.1, -0.05) is 90.4 Å². The summed E-state index contributed by atoms with van der Waals surface area (Å²) < 4.78 is 5.14. The number of hydrogen-bond acceptors (Lipinski definition) is 3. The van der Waals surface area contributed by atoms with Crippen LogP contribution in [0.15, 0.2) is 29.4 Å². The van der Waals surface area contributed by atoms with Gasteiger partial charge in [-0.3, -0.25) is 5.43 Å². The summed E-state index contributed by atoms with van der Waals surface area (Å²) in [4.78, 5) is 0. The lowest BCUT2D eigenvalue weighted by molar-refractivity contribution is 0.415. The second kappa shape index (κ2) is 19.3. The van der Waals surface area contributed by atoms with Crippen LogP contribution in [-0.2, 0) is 0 Å². The number of rotatable bonds is 18. The number of nitrogens with zero attached hydrogens (tertiary/aromatic N) is 1. The van der Waals surface area contributed by atoms with Crippen molar-refractivity contribution in [1.29, 1.82) is 0 Å². The predicted molar refractivity (Wildman–Crippen MR) is 135 cm³/mol. The first-order valence-corrected chi connectivity index (χ1v) is 12.4. The highest BCUT2D eigenvalue weighted by atomic mass is 32.1. The minimum Gasteiger partial charge on any atom is -0.497 e. The van der Waals surface area contributed by atoms with E-state index in [0.29, 0.717) is 5.11 Å². The van der Waals surface area contributed by atoms with E-state index in [4.69, 9.17) is 17.0 Å². The van der Waals surface area contributed by atoms with E-state index < -0.39 is 0 Å². The maximum absolute atomic E-state index is 5.25. The smallest absolute Gasteiger partial charge is 0.186 e. The van der Waals surface area contributed by atoms with Gasteiger partial charge < -0.3 is 10.1 Å². The van der Waals surface area contributed by atoms with Gasteiger partial charge in [-0.2, -0.15) is 5.10 Å². The lowest BCUT2D eigenvalue weighted by Gasteiger charge is -2.07. The van der Waals surface area contributed by atoms with Gasteiger partial charge in [0.05, 0.1) is 13.3 Å². The number of hydrazone groups is 1. The molecule has 2 N–H and O–H groups in total. The van der Waals surface area contributed by atoms with Gasteiger partial charge in [0, 0.05) is 6.54 Å². The van der Waals surface area contributed by atoms with Gasteiger partial charge >= 0.3 is 0 Å². The van der Waals surface area contributed by atoms with E-state index in [1.807, 2.05) is 24.3 Å². The van der Waals surface area contributed by atoms with Gasteiger partial charge in [0.2, 0.25) is 0 Å². The van der Waals surface area contributed by atoms with Crippen LogP contribution in [0.1, 0.15) is 102 Å². The Hall–Kier alpha value is -1.62. The Bertz CT molecular complexity index is 560. The summed E-state index contributed by atoms with van der Waals surface area (Å²) in [5.41, 5.74) is 3.87. The third-order valence-electron chi connectivity index (χ3n) is 5.31. The van der Waals surface area contributed by atoms with Crippen molar-refractivity contribution in [3.8, 4) is 5.75 Å². The Morgan fingerprint density at radius 3 is 1.83 bits per heavy atom. The Morgan fingerprint density at radius 1 is 0.833 bits per heavy atom. The van der Waals surface area contributed by atoms with Crippen LogP contribution in [0.2, 0.25) is 0 Å². The Labute approximate surface area is 190 Å². The molecule has 0 unspecified atom stereocenters. The van der Waals surface area contributed by atoms with Gasteiger partial charge in [-0.25, -0.2) is 0 Å². The molecule has 0 radical (unpaired) electrons. The maximum Gasteiger partial charge on any atom is 0.186 e. The molecule has 1 rings (SSSR count). The number of methoxy groups -OCH3 is 1. The van der Waals surface area contributed by atoms with Crippen molar-refractivity contribution in [1.82, 2.24) is 10.7 Å². The van der Waals surface area contributed by atoms with Crippen LogP contribution in [0.4, 0.5) is 0 Å². The van der Waals surface area contributed by atoms with Gasteiger partial charge in [-0.15, -0.1) is 0 Å². The van der Waals surface area contributed by atoms with Crippen molar-refractivity contribution >= 4 is 23.5 Å². The fourth-order valence-corrected chi connectivity index (χ4v) is 3.57. The molecule has 0 aliphatic heterocycles. The summed E-state index contributed by atoms with van der Waals surface area (Å²) >= 11 is 5.25. The highest BCUT2D eigenvalue weighted by Gasteiger charge is 1.96. The first kappa shape index (κ1) is 26.4. The third-order valence-corrected chi connectivity index (χ3v) is 5.55. The van der Waals surface area contributed by atoms with Gasteiger partial charge in [0.1, 0.15) is 5.75 Å². The molecular weight excluding hydrogens is 390 g/mol. The first-order valence-electron chi connectivity index (χ1n) is 12.0. The molecule has 0 aliphatic carbocycles. The quantitative estimate of drug-likeness (QED) is 0.113. The third kappa shape index (κ3) is 15.3. The average molecular weight is 434 g/mol. The average Bonchev–Trinajstić information content (AvgIpc) is 2.77. The van der Waals surface area contributed by atoms with E-state index in [1.165, 1.54) is 83.5 Å². The fourth-order valence-electron chi connectivity index (χ4n) is 3.42. The summed E-state index contributed by atoms with van der Waals surface area (Å²) in [6.45, 7) is 3.19. The number of unbranched alkanes of at least 4 members (excludes halogenated alkanes) is 13. The van der Waals surface area contributed by atoms with Crippen molar-refractivity contribution in [3.63, 3.8) is 0 Å². The molecule has 170 valence electrons. The molecule has 0 amide bonds. The van der Waals surface area contributed by atoms with Crippen LogP contribution in [0, 0.1) is 0 Å². The summed E-state index contributed by atoms with van der Waals surface area (Å²) in [6, 6.07) is 7.73. The second-order valence-corrected chi connectivity index (χ2v) is 8.40. The Kier molecular flexibility index (Phi) is 17.0. The van der Waals surface area contributed by atoms with Crippen molar-refractivity contribution < 1.29 is 4.74 Å². The van der Waals surface area contributed by atoms with Crippen LogP contribution in [0.25, 0.3) is 0 Å². The highest BCUT2D eigenvalue weighted by molar-refractivity contribution is 7.80. The lowest BCUT2D eigenvalue weighted by Crippen LogP contribution is -2.32. The van der Waals surface area contributed by atoms with Gasteiger partial charge in [0.15, 0.2) is 5.11 Å². The Morgan fingerprint density at radius 2 is 1.33 bits per heavy atom. The monoisotopic (exact) mass is 433 g/mol.